The lowest BCUT2D eigenvalue weighted by molar-refractivity contribution is -0.119. The Morgan fingerprint density at radius 3 is 2.35 bits per heavy atom. The maximum absolute atomic E-state index is 11.3. The third-order valence-corrected chi connectivity index (χ3v) is 9.17. The number of likely N-dealkylation sites (tertiary alicyclic amines) is 1. The maximum Gasteiger partial charge on any atom is 0.223 e. The van der Waals surface area contributed by atoms with Crippen molar-refractivity contribution < 1.29 is 14.3 Å². The second-order valence-electron chi connectivity index (χ2n) is 12.7. The molecule has 1 aliphatic carbocycles. The molecular weight excluding hydrogens is 612 g/mol. The number of unbranched alkanes of at least 4 members (excludes halogenated alkanes) is 3. The van der Waals surface area contributed by atoms with Crippen molar-refractivity contribution in [1.82, 2.24) is 30.2 Å². The highest BCUT2D eigenvalue weighted by atomic mass is 16.5. The van der Waals surface area contributed by atoms with Gasteiger partial charge in [-0.15, -0.1) is 12.8 Å². The summed E-state index contributed by atoms with van der Waals surface area (Å²) >= 11 is 0. The molecule has 1 aromatic carbocycles. The number of ether oxygens (including phenoxy) is 1. The summed E-state index contributed by atoms with van der Waals surface area (Å²) in [6.07, 6.45) is 26.1. The van der Waals surface area contributed by atoms with E-state index in [4.69, 9.17) is 4.74 Å². The summed E-state index contributed by atoms with van der Waals surface area (Å²) in [6, 6.07) is 14.3. The first-order valence-corrected chi connectivity index (χ1v) is 17.5. The van der Waals surface area contributed by atoms with Gasteiger partial charge in [-0.2, -0.15) is 0 Å². The van der Waals surface area contributed by atoms with Gasteiger partial charge in [-0.05, 0) is 80.8 Å². The Kier molecular flexibility index (Phi) is 16.5. The quantitative estimate of drug-likeness (QED) is 0.119. The third kappa shape index (κ3) is 13.1. The number of piperidine rings is 1. The highest BCUT2D eigenvalue weighted by Gasteiger charge is 2.44. The van der Waals surface area contributed by atoms with Crippen molar-refractivity contribution in [1.29, 1.82) is 0 Å². The van der Waals surface area contributed by atoms with Gasteiger partial charge in [-0.25, -0.2) is 9.97 Å². The molecule has 1 saturated heterocycles. The van der Waals surface area contributed by atoms with Crippen molar-refractivity contribution in [2.75, 3.05) is 27.2 Å². The van der Waals surface area contributed by atoms with E-state index in [2.05, 4.69) is 55.1 Å². The zero-order chi connectivity index (χ0) is 35.5. The summed E-state index contributed by atoms with van der Waals surface area (Å²) in [5, 5.41) is 3.46. The van der Waals surface area contributed by atoms with Gasteiger partial charge in [0.1, 0.15) is 11.6 Å². The van der Waals surface area contributed by atoms with Crippen LogP contribution in [0.3, 0.4) is 0 Å². The minimum absolute atomic E-state index is 0.00463. The Hall–Kier alpha value is -4.55. The minimum atomic E-state index is 0.00463. The van der Waals surface area contributed by atoms with Crippen LogP contribution in [0.4, 0.5) is 0 Å². The molecule has 262 valence electrons. The van der Waals surface area contributed by atoms with Crippen LogP contribution in [0.25, 0.3) is 22.2 Å². The number of para-hydroxylation sites is 1. The van der Waals surface area contributed by atoms with Gasteiger partial charge in [0.2, 0.25) is 11.8 Å². The molecule has 2 fully saturated rings. The lowest BCUT2D eigenvalue weighted by Crippen LogP contribution is -2.33. The number of ketones is 1. The first-order chi connectivity index (χ1) is 23.8. The number of aryl methyl sites for hydroxylation is 1. The molecule has 2 aliphatic rings. The topological polar surface area (TPSA) is 113 Å². The Morgan fingerprint density at radius 1 is 1.00 bits per heavy atom. The second kappa shape index (κ2) is 20.7. The number of imidazole rings is 1. The van der Waals surface area contributed by atoms with E-state index in [0.717, 1.165) is 78.5 Å². The molecule has 4 aromatic rings. The Bertz CT molecular complexity index is 1590. The average Bonchev–Trinajstić information content (AvgIpc) is 3.74. The number of amides is 1. The van der Waals surface area contributed by atoms with Gasteiger partial charge in [0.15, 0.2) is 0 Å². The van der Waals surface area contributed by atoms with Gasteiger partial charge < -0.3 is 15.0 Å². The van der Waals surface area contributed by atoms with Crippen LogP contribution >= 0.6 is 0 Å². The van der Waals surface area contributed by atoms with Crippen LogP contribution in [-0.2, 0) is 22.6 Å². The van der Waals surface area contributed by atoms with Crippen molar-refractivity contribution in [2.45, 2.75) is 91.0 Å². The first kappa shape index (κ1) is 38.9. The summed E-state index contributed by atoms with van der Waals surface area (Å²) in [7, 11) is 3.24. The molecule has 9 nitrogen and oxygen atoms in total. The Morgan fingerprint density at radius 2 is 1.71 bits per heavy atom. The fourth-order valence-electron chi connectivity index (χ4n) is 5.83. The van der Waals surface area contributed by atoms with E-state index >= 15 is 0 Å². The van der Waals surface area contributed by atoms with Crippen molar-refractivity contribution in [2.24, 2.45) is 5.41 Å². The molecule has 9 heteroatoms. The molecule has 4 heterocycles. The van der Waals surface area contributed by atoms with Crippen molar-refractivity contribution in [3.8, 4) is 30.0 Å². The van der Waals surface area contributed by atoms with Gasteiger partial charge in [0, 0.05) is 57.6 Å². The number of methoxy groups -OCH3 is 1. The molecule has 3 aromatic heterocycles. The fourth-order valence-corrected chi connectivity index (χ4v) is 5.83. The Labute approximate surface area is 292 Å². The minimum Gasteiger partial charge on any atom is -0.480 e. The predicted octanol–water partition coefficient (Wildman–Crippen LogP) is 7.56. The van der Waals surface area contributed by atoms with Gasteiger partial charge >= 0.3 is 0 Å². The normalized spacial score (nSPS) is 14.2. The number of pyridine rings is 2. The van der Waals surface area contributed by atoms with Crippen molar-refractivity contribution >= 4 is 22.6 Å². The fraction of sp³-hybridized carbons (Fsp3) is 0.475. The second-order valence-corrected chi connectivity index (χ2v) is 12.7. The van der Waals surface area contributed by atoms with E-state index in [1.807, 2.05) is 55.8 Å². The number of nitrogens with one attached hydrogen (secondary N) is 2. The summed E-state index contributed by atoms with van der Waals surface area (Å²) in [5.74, 6) is 1.95. The van der Waals surface area contributed by atoms with Crippen LogP contribution in [0.5, 0.6) is 5.88 Å². The number of terminal acetylenes is 1. The zero-order valence-corrected chi connectivity index (χ0v) is 29.8. The van der Waals surface area contributed by atoms with E-state index < -0.39 is 0 Å². The molecular formula is C40H54N6O3. The number of H-pyrrole nitrogens is 1. The summed E-state index contributed by atoms with van der Waals surface area (Å²) in [6.45, 7) is 7.06. The van der Waals surface area contributed by atoms with Crippen LogP contribution in [0.1, 0.15) is 89.4 Å². The lowest BCUT2D eigenvalue weighted by Gasteiger charge is -2.31. The standard InChI is InChI=1S/C22H27N3O2.C13H18N2.C3H7NO.C2H2/c1-3-17(26)11-6-4-5-7-13-21-23-15-20(24-21)18-14-16-10-8-9-12-19(16)25-22(18)27-2;1-2-12(10-14-7-1)11-15-8-5-13(3-4-13)6-9-15;1-3(5)4-2;1-2/h8-10,12,14-15H,3-7,11,13H2,1-2H3,(H,23,24);1-2,7,10H,3-6,8-9,11H2;1-2H3,(H,4,5);1-2H. The number of nitrogens with zero attached hydrogens (tertiary/aromatic N) is 4. The van der Waals surface area contributed by atoms with Crippen LogP contribution in [0.15, 0.2) is 61.1 Å². The van der Waals surface area contributed by atoms with Gasteiger partial charge in [0.25, 0.3) is 0 Å². The van der Waals surface area contributed by atoms with Crippen molar-refractivity contribution in [3.63, 3.8) is 0 Å². The molecule has 6 rings (SSSR count). The predicted molar refractivity (Wildman–Crippen MR) is 198 cm³/mol. The summed E-state index contributed by atoms with van der Waals surface area (Å²) < 4.78 is 5.48. The van der Waals surface area contributed by atoms with Crippen LogP contribution < -0.4 is 10.1 Å². The number of carbonyl (C=O) groups excluding carboxylic acids is 2. The molecule has 0 atom stereocenters. The molecule has 2 N–H and O–H groups in total. The van der Waals surface area contributed by atoms with Crippen LogP contribution in [-0.4, -0.2) is 63.8 Å². The van der Waals surface area contributed by atoms with E-state index in [0.29, 0.717) is 18.1 Å². The number of hydrogen-bond donors (Lipinski definition) is 2. The molecule has 1 amide bonds. The number of benzene rings is 1. The number of hydrogen-bond acceptors (Lipinski definition) is 7. The lowest BCUT2D eigenvalue weighted by atomic mass is 9.93. The molecule has 49 heavy (non-hydrogen) atoms. The van der Waals surface area contributed by atoms with Gasteiger partial charge in [-0.1, -0.05) is 44.0 Å². The summed E-state index contributed by atoms with van der Waals surface area (Å²) in [4.78, 5) is 40.3. The summed E-state index contributed by atoms with van der Waals surface area (Å²) in [5.41, 5.74) is 4.91. The monoisotopic (exact) mass is 666 g/mol. The number of rotatable bonds is 12. The van der Waals surface area contributed by atoms with Gasteiger partial charge in [0.05, 0.1) is 30.1 Å². The largest absolute Gasteiger partial charge is 0.480 e. The van der Waals surface area contributed by atoms with E-state index in [1.165, 1.54) is 51.3 Å². The highest BCUT2D eigenvalue weighted by Crippen LogP contribution is 2.53. The maximum atomic E-state index is 11.3. The van der Waals surface area contributed by atoms with Crippen molar-refractivity contribution in [3.05, 3.63) is 72.4 Å². The number of aromatic amines is 1. The number of Topliss-reactive ketones (excluding diaryl/α,β-unsaturated/α-hetero) is 1. The number of fused-ring (bicyclic) bond motifs is 1. The van der Waals surface area contributed by atoms with Crippen LogP contribution in [0.2, 0.25) is 0 Å². The van der Waals surface area contributed by atoms with E-state index in [1.54, 1.807) is 14.2 Å². The Balaban J connectivity index is 0.000000246. The zero-order valence-electron chi connectivity index (χ0n) is 29.8. The highest BCUT2D eigenvalue weighted by molar-refractivity contribution is 5.85. The average molecular weight is 667 g/mol. The van der Waals surface area contributed by atoms with Crippen LogP contribution in [0, 0.1) is 18.3 Å². The number of carbonyl (C=O) groups is 2. The number of aromatic nitrogens is 4. The smallest absolute Gasteiger partial charge is 0.223 e. The van der Waals surface area contributed by atoms with Gasteiger partial charge in [-0.3, -0.25) is 19.5 Å². The molecule has 1 aliphatic heterocycles. The third-order valence-electron chi connectivity index (χ3n) is 9.17. The molecule has 1 saturated carbocycles. The molecule has 1 spiro atoms. The molecule has 0 bridgehead atoms. The SMILES string of the molecule is C#C.CCC(=O)CCCCCCc1ncc(-c2cc3ccccc3nc2OC)[nH]1.CNC(C)=O.c1cncc(CN2CCC3(CC2)CC3)c1. The van der Waals surface area contributed by atoms with E-state index in [9.17, 15) is 9.59 Å². The van der Waals surface area contributed by atoms with E-state index in [-0.39, 0.29) is 5.91 Å². The molecule has 0 radical (unpaired) electrons. The molecule has 0 unspecified atom stereocenters. The first-order valence-electron chi connectivity index (χ1n) is 17.5.